The number of aliphatic hydroxyl groups is 1. The quantitative estimate of drug-likeness (QED) is 0.259. The van der Waals surface area contributed by atoms with E-state index in [1.807, 2.05) is 37.3 Å². The van der Waals surface area contributed by atoms with Gasteiger partial charge in [-0.2, -0.15) is 0 Å². The van der Waals surface area contributed by atoms with E-state index in [0.29, 0.717) is 36.4 Å². The molecule has 0 heterocycles. The lowest BCUT2D eigenvalue weighted by molar-refractivity contribution is 0.110. The molecule has 0 aliphatic carbocycles. The van der Waals surface area contributed by atoms with Crippen LogP contribution in [0.1, 0.15) is 29.7 Å². The lowest BCUT2D eigenvalue weighted by Gasteiger charge is -2.25. The Morgan fingerprint density at radius 1 is 0.886 bits per heavy atom. The zero-order chi connectivity index (χ0) is 25.0. The Morgan fingerprint density at radius 3 is 2.29 bits per heavy atom. The van der Waals surface area contributed by atoms with Gasteiger partial charge in [0.25, 0.3) is 0 Å². The van der Waals surface area contributed by atoms with Crippen molar-refractivity contribution < 1.29 is 19.7 Å². The molecule has 35 heavy (non-hydrogen) atoms. The molecule has 7 heteroatoms. The van der Waals surface area contributed by atoms with Crippen LogP contribution >= 0.6 is 23.2 Å². The SMILES string of the molecule is CCOCCOc1ccc(CCN(CCc2ccc(O)c(Cl)c2)C[C@H](O)c2cccc(Cl)c2)cc1. The van der Waals surface area contributed by atoms with Crippen LogP contribution in [0.5, 0.6) is 11.5 Å². The molecule has 0 aromatic heterocycles. The first-order valence-electron chi connectivity index (χ1n) is 11.9. The van der Waals surface area contributed by atoms with Gasteiger partial charge < -0.3 is 19.7 Å². The first kappa shape index (κ1) is 27.3. The van der Waals surface area contributed by atoms with Crippen molar-refractivity contribution in [2.24, 2.45) is 0 Å². The number of hydrogen-bond acceptors (Lipinski definition) is 5. The highest BCUT2D eigenvalue weighted by atomic mass is 35.5. The summed E-state index contributed by atoms with van der Waals surface area (Å²) in [5.41, 5.74) is 3.02. The Kier molecular flexibility index (Phi) is 11.2. The van der Waals surface area contributed by atoms with Crippen LogP contribution in [0, 0.1) is 0 Å². The third-order valence-corrected chi connectivity index (χ3v) is 6.27. The Hall–Kier alpha value is -2.28. The van der Waals surface area contributed by atoms with Crippen molar-refractivity contribution in [1.29, 1.82) is 0 Å². The lowest BCUT2D eigenvalue weighted by atomic mass is 10.1. The molecule has 0 aliphatic heterocycles. The van der Waals surface area contributed by atoms with Gasteiger partial charge in [0, 0.05) is 31.3 Å². The zero-order valence-corrected chi connectivity index (χ0v) is 21.5. The molecular formula is C28H33Cl2NO4. The van der Waals surface area contributed by atoms with Crippen molar-refractivity contribution >= 4 is 23.2 Å². The predicted molar refractivity (Wildman–Crippen MR) is 142 cm³/mol. The third kappa shape index (κ3) is 9.36. The fourth-order valence-corrected chi connectivity index (χ4v) is 4.16. The van der Waals surface area contributed by atoms with Gasteiger partial charge in [0.15, 0.2) is 0 Å². The van der Waals surface area contributed by atoms with Crippen LogP contribution in [0.25, 0.3) is 0 Å². The number of halogens is 2. The van der Waals surface area contributed by atoms with Gasteiger partial charge in [-0.3, -0.25) is 4.90 Å². The molecule has 5 nitrogen and oxygen atoms in total. The highest BCUT2D eigenvalue weighted by Crippen LogP contribution is 2.24. The van der Waals surface area contributed by atoms with Gasteiger partial charge in [-0.25, -0.2) is 0 Å². The molecule has 2 N–H and O–H groups in total. The third-order valence-electron chi connectivity index (χ3n) is 5.73. The second-order valence-electron chi connectivity index (χ2n) is 8.35. The molecule has 0 unspecified atom stereocenters. The standard InChI is InChI=1S/C28H33Cl2NO4/c1-2-34-16-17-35-25-9-6-21(7-10-25)12-14-31(15-13-22-8-11-27(32)26(30)18-22)20-28(33)23-4-3-5-24(29)19-23/h3-11,18-19,28,32-33H,2,12-17,20H2,1H3/t28-/m0/s1. The van der Waals surface area contributed by atoms with E-state index in [1.54, 1.807) is 24.3 Å². The van der Waals surface area contributed by atoms with Gasteiger partial charge in [-0.1, -0.05) is 53.5 Å². The van der Waals surface area contributed by atoms with Crippen molar-refractivity contribution in [1.82, 2.24) is 4.90 Å². The molecule has 0 aliphatic rings. The van der Waals surface area contributed by atoms with E-state index in [9.17, 15) is 10.2 Å². The summed E-state index contributed by atoms with van der Waals surface area (Å²) in [6.07, 6.45) is 0.922. The number of rotatable bonds is 14. The normalized spacial score (nSPS) is 12.1. The van der Waals surface area contributed by atoms with Crippen molar-refractivity contribution in [3.05, 3.63) is 93.5 Å². The average molecular weight is 518 g/mol. The maximum Gasteiger partial charge on any atom is 0.134 e. The minimum Gasteiger partial charge on any atom is -0.506 e. The molecule has 0 saturated heterocycles. The minimum atomic E-state index is -0.654. The van der Waals surface area contributed by atoms with Gasteiger partial charge in [-0.05, 0) is 72.9 Å². The van der Waals surface area contributed by atoms with Crippen LogP contribution in [0.2, 0.25) is 10.0 Å². The van der Waals surface area contributed by atoms with E-state index in [4.69, 9.17) is 32.7 Å². The highest BCUT2D eigenvalue weighted by Gasteiger charge is 2.15. The number of ether oxygens (including phenoxy) is 2. The predicted octanol–water partition coefficient (Wildman–Crippen LogP) is 5.94. The molecule has 0 radical (unpaired) electrons. The molecule has 0 bridgehead atoms. The van der Waals surface area contributed by atoms with Gasteiger partial charge in [0.05, 0.1) is 17.7 Å². The summed E-state index contributed by atoms with van der Waals surface area (Å²) >= 11 is 12.2. The highest BCUT2D eigenvalue weighted by molar-refractivity contribution is 6.32. The second kappa shape index (κ2) is 14.3. The summed E-state index contributed by atoms with van der Waals surface area (Å²) < 4.78 is 11.0. The number of aliphatic hydroxyl groups excluding tert-OH is 1. The maximum absolute atomic E-state index is 10.9. The van der Waals surface area contributed by atoms with Gasteiger partial charge in [-0.15, -0.1) is 0 Å². The Bertz CT molecular complexity index is 1050. The van der Waals surface area contributed by atoms with Crippen molar-refractivity contribution in [2.45, 2.75) is 25.9 Å². The summed E-state index contributed by atoms with van der Waals surface area (Å²) in [6.45, 7) is 5.74. The fourth-order valence-electron chi connectivity index (χ4n) is 3.75. The number of benzene rings is 3. The number of hydrogen-bond donors (Lipinski definition) is 2. The van der Waals surface area contributed by atoms with E-state index < -0.39 is 6.10 Å². The summed E-state index contributed by atoms with van der Waals surface area (Å²) in [7, 11) is 0. The number of nitrogens with zero attached hydrogens (tertiary/aromatic N) is 1. The average Bonchev–Trinajstić information content (AvgIpc) is 2.86. The number of phenols is 1. The second-order valence-corrected chi connectivity index (χ2v) is 9.19. The Morgan fingerprint density at radius 2 is 1.60 bits per heavy atom. The van der Waals surface area contributed by atoms with Crippen LogP contribution in [0.15, 0.2) is 66.7 Å². The first-order valence-corrected chi connectivity index (χ1v) is 12.6. The van der Waals surface area contributed by atoms with E-state index in [-0.39, 0.29) is 5.75 Å². The Balaban J connectivity index is 1.61. The summed E-state index contributed by atoms with van der Waals surface area (Å²) in [5.74, 6) is 0.903. The maximum atomic E-state index is 10.9. The molecule has 188 valence electrons. The van der Waals surface area contributed by atoms with Crippen LogP contribution in [-0.4, -0.2) is 54.6 Å². The van der Waals surface area contributed by atoms with E-state index in [0.717, 1.165) is 42.8 Å². The van der Waals surface area contributed by atoms with Gasteiger partial charge in [0.2, 0.25) is 0 Å². The molecule has 1 atom stereocenters. The first-order chi connectivity index (χ1) is 16.9. The van der Waals surface area contributed by atoms with Crippen LogP contribution in [-0.2, 0) is 17.6 Å². The molecule has 0 amide bonds. The number of phenolic OH excluding ortho intramolecular Hbond substituents is 1. The zero-order valence-electron chi connectivity index (χ0n) is 20.0. The van der Waals surface area contributed by atoms with E-state index in [2.05, 4.69) is 17.0 Å². The molecule has 3 aromatic rings. The largest absolute Gasteiger partial charge is 0.506 e. The summed E-state index contributed by atoms with van der Waals surface area (Å²) in [5, 5.41) is 21.5. The van der Waals surface area contributed by atoms with Gasteiger partial charge >= 0.3 is 0 Å². The molecule has 0 spiro atoms. The van der Waals surface area contributed by atoms with Crippen LogP contribution in [0.4, 0.5) is 0 Å². The monoisotopic (exact) mass is 517 g/mol. The molecule has 0 fully saturated rings. The van der Waals surface area contributed by atoms with Crippen LogP contribution in [0.3, 0.4) is 0 Å². The van der Waals surface area contributed by atoms with Crippen molar-refractivity contribution in [2.75, 3.05) is 39.5 Å². The number of aromatic hydroxyl groups is 1. The molecule has 0 saturated carbocycles. The molecule has 3 aromatic carbocycles. The minimum absolute atomic E-state index is 0.0777. The van der Waals surface area contributed by atoms with Crippen molar-refractivity contribution in [3.63, 3.8) is 0 Å². The summed E-state index contributed by atoms with van der Waals surface area (Å²) in [6, 6.07) is 20.7. The van der Waals surface area contributed by atoms with E-state index in [1.165, 1.54) is 5.56 Å². The fraction of sp³-hybridized carbons (Fsp3) is 0.357. The van der Waals surface area contributed by atoms with Crippen molar-refractivity contribution in [3.8, 4) is 11.5 Å². The topological polar surface area (TPSA) is 62.2 Å². The lowest BCUT2D eigenvalue weighted by Crippen LogP contribution is -2.32. The van der Waals surface area contributed by atoms with Crippen LogP contribution < -0.4 is 4.74 Å². The van der Waals surface area contributed by atoms with E-state index >= 15 is 0 Å². The molecular weight excluding hydrogens is 485 g/mol. The van der Waals surface area contributed by atoms with Gasteiger partial charge in [0.1, 0.15) is 18.1 Å². The molecule has 3 rings (SSSR count). The Labute approximate surface area is 217 Å². The summed E-state index contributed by atoms with van der Waals surface area (Å²) in [4.78, 5) is 2.23. The smallest absolute Gasteiger partial charge is 0.134 e.